The fourth-order valence-corrected chi connectivity index (χ4v) is 1.85. The second-order valence-corrected chi connectivity index (χ2v) is 4.35. The van der Waals surface area contributed by atoms with Gasteiger partial charge in [0.05, 0.1) is 5.69 Å². The fraction of sp³-hybridized carbons (Fsp3) is 0.133. The summed E-state index contributed by atoms with van der Waals surface area (Å²) in [4.78, 5) is 11.2. The van der Waals surface area contributed by atoms with Crippen LogP contribution < -0.4 is 5.32 Å². The molecule has 0 fully saturated rings. The van der Waals surface area contributed by atoms with Crippen LogP contribution in [0.4, 0.5) is 14.5 Å². The molecule has 20 heavy (non-hydrogen) atoms. The van der Waals surface area contributed by atoms with Gasteiger partial charge in [-0.3, -0.25) is 0 Å². The standard InChI is InChI=1S/C15H13F2NO2/c16-11-6-7-12(17)13(9-11)18-14(15(19)20)8-10-4-2-1-3-5-10/h1-7,9,14,18H,8H2,(H,19,20). The van der Waals surface area contributed by atoms with E-state index in [2.05, 4.69) is 5.32 Å². The Labute approximate surface area is 114 Å². The summed E-state index contributed by atoms with van der Waals surface area (Å²) in [6.07, 6.45) is 0.173. The van der Waals surface area contributed by atoms with E-state index in [-0.39, 0.29) is 12.1 Å². The van der Waals surface area contributed by atoms with Crippen LogP contribution in [0.15, 0.2) is 48.5 Å². The van der Waals surface area contributed by atoms with Gasteiger partial charge < -0.3 is 10.4 Å². The average molecular weight is 277 g/mol. The van der Waals surface area contributed by atoms with Gasteiger partial charge in [-0.2, -0.15) is 0 Å². The molecule has 0 saturated carbocycles. The van der Waals surface area contributed by atoms with Crippen molar-refractivity contribution in [2.45, 2.75) is 12.5 Å². The van der Waals surface area contributed by atoms with Gasteiger partial charge in [0.2, 0.25) is 0 Å². The molecule has 2 rings (SSSR count). The van der Waals surface area contributed by atoms with Gasteiger partial charge in [-0.15, -0.1) is 0 Å². The number of carbonyl (C=O) groups is 1. The number of carboxylic acid groups (broad SMARTS) is 1. The summed E-state index contributed by atoms with van der Waals surface area (Å²) in [5, 5.41) is 11.7. The van der Waals surface area contributed by atoms with Crippen LogP contribution in [0.5, 0.6) is 0 Å². The first-order valence-corrected chi connectivity index (χ1v) is 6.04. The number of rotatable bonds is 5. The van der Waals surface area contributed by atoms with Crippen LogP contribution in [0.3, 0.4) is 0 Å². The van der Waals surface area contributed by atoms with Gasteiger partial charge in [-0.05, 0) is 23.8 Å². The van der Waals surface area contributed by atoms with Crippen LogP contribution in [0, 0.1) is 11.6 Å². The molecule has 3 nitrogen and oxygen atoms in total. The first-order valence-electron chi connectivity index (χ1n) is 6.04. The molecule has 0 saturated heterocycles. The number of anilines is 1. The van der Waals surface area contributed by atoms with Gasteiger partial charge in [0.25, 0.3) is 0 Å². The molecular weight excluding hydrogens is 264 g/mol. The summed E-state index contributed by atoms with van der Waals surface area (Å²) >= 11 is 0. The van der Waals surface area contributed by atoms with Crippen molar-refractivity contribution in [2.75, 3.05) is 5.32 Å². The van der Waals surface area contributed by atoms with E-state index in [1.54, 1.807) is 24.3 Å². The van der Waals surface area contributed by atoms with Crippen molar-refractivity contribution in [3.8, 4) is 0 Å². The SMILES string of the molecule is O=C(O)C(Cc1ccccc1)Nc1cc(F)ccc1F. The normalized spacial score (nSPS) is 11.9. The minimum atomic E-state index is -1.13. The second-order valence-electron chi connectivity index (χ2n) is 4.35. The monoisotopic (exact) mass is 277 g/mol. The van der Waals surface area contributed by atoms with Crippen LogP contribution in [-0.2, 0) is 11.2 Å². The highest BCUT2D eigenvalue weighted by atomic mass is 19.1. The lowest BCUT2D eigenvalue weighted by atomic mass is 10.1. The minimum absolute atomic E-state index is 0.159. The number of nitrogens with one attached hydrogen (secondary N) is 1. The molecule has 0 heterocycles. The molecule has 2 aromatic rings. The molecule has 0 aromatic heterocycles. The second kappa shape index (κ2) is 6.14. The van der Waals surface area contributed by atoms with Gasteiger partial charge in [-0.25, -0.2) is 13.6 Å². The summed E-state index contributed by atoms with van der Waals surface area (Å²) in [6.45, 7) is 0. The molecule has 1 unspecified atom stereocenters. The van der Waals surface area contributed by atoms with Gasteiger partial charge >= 0.3 is 5.97 Å². The maximum absolute atomic E-state index is 13.5. The molecule has 0 spiro atoms. The first kappa shape index (κ1) is 14.0. The summed E-state index contributed by atoms with van der Waals surface area (Å²) in [7, 11) is 0. The molecular formula is C15H13F2NO2. The van der Waals surface area contributed by atoms with E-state index in [4.69, 9.17) is 0 Å². The van der Waals surface area contributed by atoms with Crippen molar-refractivity contribution in [1.29, 1.82) is 0 Å². The molecule has 0 aliphatic rings. The summed E-state index contributed by atoms with van der Waals surface area (Å²) in [5.74, 6) is -2.44. The van der Waals surface area contributed by atoms with E-state index in [1.807, 2.05) is 6.07 Å². The predicted octanol–water partition coefficient (Wildman–Crippen LogP) is 3.07. The Hall–Kier alpha value is -2.43. The van der Waals surface area contributed by atoms with Crippen LogP contribution in [-0.4, -0.2) is 17.1 Å². The molecule has 0 radical (unpaired) electrons. The molecule has 0 amide bonds. The lowest BCUT2D eigenvalue weighted by Gasteiger charge is -2.16. The van der Waals surface area contributed by atoms with E-state index < -0.39 is 23.6 Å². The number of aliphatic carboxylic acids is 1. The molecule has 1 atom stereocenters. The Morgan fingerprint density at radius 2 is 1.85 bits per heavy atom. The zero-order valence-electron chi connectivity index (χ0n) is 10.5. The van der Waals surface area contributed by atoms with Gasteiger partial charge in [-0.1, -0.05) is 30.3 Å². The van der Waals surface area contributed by atoms with Crippen molar-refractivity contribution in [1.82, 2.24) is 0 Å². The lowest BCUT2D eigenvalue weighted by Crippen LogP contribution is -2.31. The van der Waals surface area contributed by atoms with E-state index in [0.717, 1.165) is 23.8 Å². The number of halogens is 2. The molecule has 2 aromatic carbocycles. The maximum atomic E-state index is 13.5. The third kappa shape index (κ3) is 3.54. The summed E-state index contributed by atoms with van der Waals surface area (Å²) < 4.78 is 26.6. The Morgan fingerprint density at radius 1 is 1.15 bits per heavy atom. The Kier molecular flexibility index (Phi) is 4.30. The number of carboxylic acids is 1. The number of hydrogen-bond acceptors (Lipinski definition) is 2. The molecule has 0 aliphatic heterocycles. The Balaban J connectivity index is 2.18. The van der Waals surface area contributed by atoms with Crippen molar-refractivity contribution >= 4 is 11.7 Å². The average Bonchev–Trinajstić information content (AvgIpc) is 2.43. The zero-order valence-corrected chi connectivity index (χ0v) is 10.5. The quantitative estimate of drug-likeness (QED) is 0.883. The first-order chi connectivity index (χ1) is 9.56. The van der Waals surface area contributed by atoms with Crippen LogP contribution in [0.25, 0.3) is 0 Å². The number of hydrogen-bond donors (Lipinski definition) is 2. The molecule has 0 aliphatic carbocycles. The molecule has 5 heteroatoms. The summed E-state index contributed by atoms with van der Waals surface area (Å²) in [5.41, 5.74) is 0.637. The Morgan fingerprint density at radius 3 is 2.50 bits per heavy atom. The molecule has 104 valence electrons. The highest BCUT2D eigenvalue weighted by Crippen LogP contribution is 2.17. The van der Waals surface area contributed by atoms with Crippen LogP contribution in [0.2, 0.25) is 0 Å². The van der Waals surface area contributed by atoms with Crippen molar-refractivity contribution in [3.05, 3.63) is 65.7 Å². The van der Waals surface area contributed by atoms with E-state index >= 15 is 0 Å². The Bertz CT molecular complexity index is 602. The topological polar surface area (TPSA) is 49.3 Å². The van der Waals surface area contributed by atoms with Crippen molar-refractivity contribution in [2.24, 2.45) is 0 Å². The summed E-state index contributed by atoms with van der Waals surface area (Å²) in [6, 6.07) is 10.8. The zero-order chi connectivity index (χ0) is 14.5. The highest BCUT2D eigenvalue weighted by molar-refractivity contribution is 5.77. The minimum Gasteiger partial charge on any atom is -0.480 e. The van der Waals surface area contributed by atoms with Gasteiger partial charge in [0.1, 0.15) is 17.7 Å². The van der Waals surface area contributed by atoms with Gasteiger partial charge in [0, 0.05) is 6.42 Å². The van der Waals surface area contributed by atoms with E-state index in [1.165, 1.54) is 0 Å². The maximum Gasteiger partial charge on any atom is 0.326 e. The highest BCUT2D eigenvalue weighted by Gasteiger charge is 2.19. The van der Waals surface area contributed by atoms with Crippen molar-refractivity contribution < 1.29 is 18.7 Å². The third-order valence-corrected chi connectivity index (χ3v) is 2.84. The lowest BCUT2D eigenvalue weighted by molar-refractivity contribution is -0.137. The largest absolute Gasteiger partial charge is 0.480 e. The molecule has 2 N–H and O–H groups in total. The van der Waals surface area contributed by atoms with E-state index in [9.17, 15) is 18.7 Å². The van der Waals surface area contributed by atoms with E-state index in [0.29, 0.717) is 0 Å². The van der Waals surface area contributed by atoms with Crippen LogP contribution >= 0.6 is 0 Å². The van der Waals surface area contributed by atoms with Crippen molar-refractivity contribution in [3.63, 3.8) is 0 Å². The fourth-order valence-electron chi connectivity index (χ4n) is 1.85. The van der Waals surface area contributed by atoms with Crippen LogP contribution in [0.1, 0.15) is 5.56 Å². The smallest absolute Gasteiger partial charge is 0.326 e. The number of benzene rings is 2. The molecule has 0 bridgehead atoms. The third-order valence-electron chi connectivity index (χ3n) is 2.84. The van der Waals surface area contributed by atoms with Gasteiger partial charge in [0.15, 0.2) is 0 Å². The predicted molar refractivity (Wildman–Crippen MR) is 71.6 cm³/mol.